The molecule has 0 fully saturated rings. The molecule has 0 unspecified atom stereocenters. The molecule has 0 N–H and O–H groups in total. The van der Waals surface area contributed by atoms with E-state index in [1.165, 1.54) is 16.7 Å². The van der Waals surface area contributed by atoms with E-state index in [9.17, 15) is 0 Å². The molecule has 0 radical (unpaired) electrons. The summed E-state index contributed by atoms with van der Waals surface area (Å²) >= 11 is 0. The third-order valence-corrected chi connectivity index (χ3v) is 2.23. The van der Waals surface area contributed by atoms with Crippen LogP contribution in [0.3, 0.4) is 0 Å². The summed E-state index contributed by atoms with van der Waals surface area (Å²) in [6.45, 7) is 7.17. The van der Waals surface area contributed by atoms with Crippen molar-refractivity contribution in [2.45, 2.75) is 27.3 Å². The predicted octanol–water partition coefficient (Wildman–Crippen LogP) is 3.44. The third kappa shape index (κ3) is 2.38. The molecule has 1 heteroatoms. The molecule has 0 amide bonds. The van der Waals surface area contributed by atoms with E-state index in [2.05, 4.69) is 49.3 Å². The van der Waals surface area contributed by atoms with Gasteiger partial charge < -0.3 is 4.90 Å². The summed E-state index contributed by atoms with van der Waals surface area (Å²) < 4.78 is 0. The normalized spacial score (nSPS) is 13.0. The second-order valence-corrected chi connectivity index (χ2v) is 3.43. The summed E-state index contributed by atoms with van der Waals surface area (Å²) in [6.07, 6.45) is 4.29. The molecule has 1 aliphatic rings. The van der Waals surface area contributed by atoms with Crippen LogP contribution in [0, 0.1) is 6.92 Å². The van der Waals surface area contributed by atoms with Crippen LogP contribution in [0.4, 0.5) is 0 Å². The minimum atomic E-state index is 1.04. The molecular formula is C13H19N. The summed E-state index contributed by atoms with van der Waals surface area (Å²) in [5, 5.41) is 0. The van der Waals surface area contributed by atoms with Gasteiger partial charge in [0.2, 0.25) is 0 Å². The summed E-state index contributed by atoms with van der Waals surface area (Å²) in [7, 11) is 2.10. The molecular weight excluding hydrogens is 170 g/mol. The first-order valence-electron chi connectivity index (χ1n) is 5.24. The molecule has 1 heterocycles. The number of hydrogen-bond donors (Lipinski definition) is 0. The number of aryl methyl sites for hydroxylation is 1. The molecule has 1 aromatic carbocycles. The second kappa shape index (κ2) is 4.85. The van der Waals surface area contributed by atoms with E-state index in [0.29, 0.717) is 0 Å². The number of rotatable bonds is 0. The maximum atomic E-state index is 2.26. The first-order valence-corrected chi connectivity index (χ1v) is 5.24. The van der Waals surface area contributed by atoms with Crippen LogP contribution >= 0.6 is 0 Å². The van der Waals surface area contributed by atoms with Gasteiger partial charge in [-0.25, -0.2) is 0 Å². The van der Waals surface area contributed by atoms with Gasteiger partial charge in [-0.2, -0.15) is 0 Å². The molecule has 0 spiro atoms. The van der Waals surface area contributed by atoms with Crippen molar-refractivity contribution in [3.8, 4) is 0 Å². The van der Waals surface area contributed by atoms with Gasteiger partial charge >= 0.3 is 0 Å². The lowest BCUT2D eigenvalue weighted by molar-refractivity contribution is 0.447. The quantitative estimate of drug-likeness (QED) is 0.604. The number of hydrogen-bond acceptors (Lipinski definition) is 1. The Morgan fingerprint density at radius 3 is 2.64 bits per heavy atom. The lowest BCUT2D eigenvalue weighted by atomic mass is 10.0. The summed E-state index contributed by atoms with van der Waals surface area (Å²) in [6, 6.07) is 6.61. The van der Waals surface area contributed by atoms with E-state index in [-0.39, 0.29) is 0 Å². The minimum absolute atomic E-state index is 1.04. The van der Waals surface area contributed by atoms with Crippen LogP contribution in [-0.2, 0) is 6.54 Å². The minimum Gasteiger partial charge on any atom is -0.376 e. The van der Waals surface area contributed by atoms with Crippen LogP contribution < -0.4 is 0 Å². The van der Waals surface area contributed by atoms with Crippen LogP contribution in [-0.4, -0.2) is 11.9 Å². The fourth-order valence-electron chi connectivity index (χ4n) is 1.56. The van der Waals surface area contributed by atoms with Crippen molar-refractivity contribution in [2.75, 3.05) is 7.05 Å². The zero-order valence-corrected chi connectivity index (χ0v) is 9.54. The van der Waals surface area contributed by atoms with Crippen LogP contribution in [0.5, 0.6) is 0 Å². The lowest BCUT2D eigenvalue weighted by Gasteiger charge is -2.20. The van der Waals surface area contributed by atoms with Crippen molar-refractivity contribution in [1.29, 1.82) is 0 Å². The van der Waals surface area contributed by atoms with Crippen molar-refractivity contribution < 1.29 is 0 Å². The Balaban J connectivity index is 0.000000461. The Morgan fingerprint density at radius 2 is 1.93 bits per heavy atom. The molecule has 76 valence electrons. The van der Waals surface area contributed by atoms with Gasteiger partial charge in [-0.05, 0) is 30.3 Å². The number of nitrogens with zero attached hydrogens (tertiary/aromatic N) is 1. The Kier molecular flexibility index (Phi) is 3.75. The lowest BCUT2D eigenvalue weighted by Crippen LogP contribution is -2.14. The summed E-state index contributed by atoms with van der Waals surface area (Å²) in [5.74, 6) is 0. The van der Waals surface area contributed by atoms with Gasteiger partial charge in [-0.15, -0.1) is 0 Å². The monoisotopic (exact) mass is 189 g/mol. The molecule has 1 aromatic rings. The van der Waals surface area contributed by atoms with Gasteiger partial charge in [0.25, 0.3) is 0 Å². The summed E-state index contributed by atoms with van der Waals surface area (Å²) in [4.78, 5) is 2.20. The molecule has 0 aliphatic carbocycles. The SMILES string of the molecule is CC.Cc1ccc2c(c1)CN(C)C=C2. The Morgan fingerprint density at radius 1 is 1.21 bits per heavy atom. The zero-order chi connectivity index (χ0) is 10.6. The predicted molar refractivity (Wildman–Crippen MR) is 63.0 cm³/mol. The van der Waals surface area contributed by atoms with Crippen molar-refractivity contribution in [1.82, 2.24) is 4.90 Å². The van der Waals surface area contributed by atoms with E-state index in [1.54, 1.807) is 0 Å². The van der Waals surface area contributed by atoms with Gasteiger partial charge in [-0.1, -0.05) is 37.6 Å². The molecule has 0 saturated carbocycles. The number of fused-ring (bicyclic) bond motifs is 1. The third-order valence-electron chi connectivity index (χ3n) is 2.23. The van der Waals surface area contributed by atoms with Crippen molar-refractivity contribution in [2.24, 2.45) is 0 Å². The fraction of sp³-hybridized carbons (Fsp3) is 0.385. The molecule has 2 rings (SSSR count). The van der Waals surface area contributed by atoms with Gasteiger partial charge in [0, 0.05) is 13.6 Å². The van der Waals surface area contributed by atoms with Crippen LogP contribution in [0.2, 0.25) is 0 Å². The maximum Gasteiger partial charge on any atom is 0.0426 e. The Labute approximate surface area is 87.1 Å². The van der Waals surface area contributed by atoms with E-state index in [0.717, 1.165) is 6.54 Å². The van der Waals surface area contributed by atoms with Crippen molar-refractivity contribution >= 4 is 6.08 Å². The van der Waals surface area contributed by atoms with Gasteiger partial charge in [0.05, 0.1) is 0 Å². The molecule has 0 atom stereocenters. The fourth-order valence-corrected chi connectivity index (χ4v) is 1.56. The average molecular weight is 189 g/mol. The van der Waals surface area contributed by atoms with E-state index < -0.39 is 0 Å². The first kappa shape index (κ1) is 10.8. The maximum absolute atomic E-state index is 2.26. The van der Waals surface area contributed by atoms with Gasteiger partial charge in [0.1, 0.15) is 0 Å². The van der Waals surface area contributed by atoms with Crippen molar-refractivity contribution in [3.05, 3.63) is 41.1 Å². The van der Waals surface area contributed by atoms with Gasteiger partial charge in [-0.3, -0.25) is 0 Å². The topological polar surface area (TPSA) is 3.24 Å². The molecule has 1 aliphatic heterocycles. The highest BCUT2D eigenvalue weighted by molar-refractivity contribution is 5.56. The molecule has 14 heavy (non-hydrogen) atoms. The molecule has 0 aromatic heterocycles. The standard InChI is InChI=1S/C11H13N.C2H6/c1-9-3-4-10-5-6-12(2)8-11(10)7-9;1-2/h3-7H,8H2,1-2H3;1-2H3. The highest BCUT2D eigenvalue weighted by Crippen LogP contribution is 2.19. The molecule has 0 bridgehead atoms. The van der Waals surface area contributed by atoms with E-state index in [1.807, 2.05) is 13.8 Å². The largest absolute Gasteiger partial charge is 0.376 e. The average Bonchev–Trinajstić information content (AvgIpc) is 2.20. The Hall–Kier alpha value is -1.24. The molecule has 1 nitrogen and oxygen atoms in total. The van der Waals surface area contributed by atoms with Gasteiger partial charge in [0.15, 0.2) is 0 Å². The summed E-state index contributed by atoms with van der Waals surface area (Å²) in [5.41, 5.74) is 4.14. The zero-order valence-electron chi connectivity index (χ0n) is 9.54. The van der Waals surface area contributed by atoms with Crippen LogP contribution in [0.25, 0.3) is 6.08 Å². The van der Waals surface area contributed by atoms with E-state index in [4.69, 9.17) is 0 Å². The van der Waals surface area contributed by atoms with Crippen LogP contribution in [0.1, 0.15) is 30.5 Å². The van der Waals surface area contributed by atoms with E-state index >= 15 is 0 Å². The second-order valence-electron chi connectivity index (χ2n) is 3.43. The number of benzene rings is 1. The Bertz CT molecular complexity index is 326. The smallest absolute Gasteiger partial charge is 0.0426 e. The van der Waals surface area contributed by atoms with Crippen molar-refractivity contribution in [3.63, 3.8) is 0 Å². The highest BCUT2D eigenvalue weighted by Gasteiger charge is 2.06. The highest BCUT2D eigenvalue weighted by atomic mass is 15.1. The molecule has 0 saturated heterocycles. The van der Waals surface area contributed by atoms with Crippen LogP contribution in [0.15, 0.2) is 24.4 Å². The first-order chi connectivity index (χ1) is 6.75.